The number of anilines is 1. The van der Waals surface area contributed by atoms with Gasteiger partial charge in [0.2, 0.25) is 5.95 Å². The minimum Gasteiger partial charge on any atom is -0.356 e. The van der Waals surface area contributed by atoms with Crippen molar-refractivity contribution in [1.29, 1.82) is 0 Å². The highest BCUT2D eigenvalue weighted by molar-refractivity contribution is 6.42. The van der Waals surface area contributed by atoms with Crippen molar-refractivity contribution in [3.63, 3.8) is 0 Å². The molecule has 2 N–H and O–H groups in total. The summed E-state index contributed by atoms with van der Waals surface area (Å²) in [5, 5.41) is 4.28. The van der Waals surface area contributed by atoms with Crippen LogP contribution in [-0.2, 0) is 0 Å². The molecule has 1 heterocycles. The lowest BCUT2D eigenvalue weighted by atomic mass is 10.2. The van der Waals surface area contributed by atoms with Gasteiger partial charge in [0.25, 0.3) is 0 Å². The Morgan fingerprint density at radius 2 is 2.12 bits per heavy atom. The molecule has 17 heavy (non-hydrogen) atoms. The SMILES string of the molecule is CCCNc1ncc(-c2ccc(Cl)c(Cl)c2)[nH]1. The van der Waals surface area contributed by atoms with Crippen LogP contribution in [0.4, 0.5) is 5.95 Å². The van der Waals surface area contributed by atoms with Crippen LogP contribution in [0.3, 0.4) is 0 Å². The lowest BCUT2D eigenvalue weighted by molar-refractivity contribution is 0.962. The molecule has 0 atom stereocenters. The van der Waals surface area contributed by atoms with Crippen LogP contribution in [0.15, 0.2) is 24.4 Å². The number of H-pyrrole nitrogens is 1. The third kappa shape index (κ3) is 2.93. The first kappa shape index (κ1) is 12.3. The molecule has 0 saturated carbocycles. The van der Waals surface area contributed by atoms with E-state index in [0.717, 1.165) is 30.2 Å². The van der Waals surface area contributed by atoms with E-state index in [1.807, 2.05) is 12.1 Å². The normalized spacial score (nSPS) is 10.5. The van der Waals surface area contributed by atoms with E-state index in [4.69, 9.17) is 23.2 Å². The van der Waals surface area contributed by atoms with Crippen molar-refractivity contribution in [1.82, 2.24) is 9.97 Å². The van der Waals surface area contributed by atoms with E-state index >= 15 is 0 Å². The van der Waals surface area contributed by atoms with Gasteiger partial charge in [0.05, 0.1) is 21.9 Å². The Morgan fingerprint density at radius 3 is 2.82 bits per heavy atom. The predicted molar refractivity (Wildman–Crippen MR) is 72.8 cm³/mol. The van der Waals surface area contributed by atoms with Gasteiger partial charge in [-0.1, -0.05) is 36.2 Å². The van der Waals surface area contributed by atoms with Crippen molar-refractivity contribution in [2.45, 2.75) is 13.3 Å². The van der Waals surface area contributed by atoms with Crippen LogP contribution >= 0.6 is 23.2 Å². The van der Waals surface area contributed by atoms with E-state index in [-0.39, 0.29) is 0 Å². The van der Waals surface area contributed by atoms with Crippen LogP contribution in [0.1, 0.15) is 13.3 Å². The standard InChI is InChI=1S/C12H13Cl2N3/c1-2-5-15-12-16-7-11(17-12)8-3-4-9(13)10(14)6-8/h3-4,6-7H,2,5H2,1H3,(H2,15,16,17). The largest absolute Gasteiger partial charge is 0.356 e. The molecule has 0 radical (unpaired) electrons. The van der Waals surface area contributed by atoms with Crippen molar-refractivity contribution < 1.29 is 0 Å². The smallest absolute Gasteiger partial charge is 0.200 e. The van der Waals surface area contributed by atoms with E-state index < -0.39 is 0 Å². The highest BCUT2D eigenvalue weighted by Gasteiger charge is 2.05. The Labute approximate surface area is 110 Å². The van der Waals surface area contributed by atoms with Gasteiger partial charge < -0.3 is 10.3 Å². The van der Waals surface area contributed by atoms with Gasteiger partial charge in [-0.3, -0.25) is 0 Å². The molecule has 0 aliphatic heterocycles. The summed E-state index contributed by atoms with van der Waals surface area (Å²) >= 11 is 11.8. The summed E-state index contributed by atoms with van der Waals surface area (Å²) in [4.78, 5) is 7.43. The molecule has 1 aromatic heterocycles. The average Bonchev–Trinajstić information content (AvgIpc) is 2.79. The molecule has 0 aliphatic rings. The second-order valence-electron chi connectivity index (χ2n) is 3.70. The second kappa shape index (κ2) is 5.43. The predicted octanol–water partition coefficient (Wildman–Crippen LogP) is 4.21. The average molecular weight is 270 g/mol. The Hall–Kier alpha value is -1.19. The lowest BCUT2D eigenvalue weighted by Crippen LogP contribution is -2.00. The van der Waals surface area contributed by atoms with Crippen LogP contribution in [0.5, 0.6) is 0 Å². The summed E-state index contributed by atoms with van der Waals surface area (Å²) in [5.74, 6) is 0.771. The number of hydrogen-bond donors (Lipinski definition) is 2. The molecule has 2 rings (SSSR count). The lowest BCUT2D eigenvalue weighted by Gasteiger charge is -2.01. The number of aromatic amines is 1. The number of aromatic nitrogens is 2. The van der Waals surface area contributed by atoms with Gasteiger partial charge in [-0.25, -0.2) is 4.98 Å². The van der Waals surface area contributed by atoms with Gasteiger partial charge in [0.1, 0.15) is 0 Å². The van der Waals surface area contributed by atoms with Crippen molar-refractivity contribution in [3.05, 3.63) is 34.4 Å². The zero-order valence-corrected chi connectivity index (χ0v) is 10.9. The summed E-state index contributed by atoms with van der Waals surface area (Å²) < 4.78 is 0. The highest BCUT2D eigenvalue weighted by atomic mass is 35.5. The third-order valence-corrected chi connectivity index (χ3v) is 3.09. The summed E-state index contributed by atoms with van der Waals surface area (Å²) in [6.07, 6.45) is 2.83. The Balaban J connectivity index is 2.21. The van der Waals surface area contributed by atoms with Crippen LogP contribution in [-0.4, -0.2) is 16.5 Å². The molecule has 0 aliphatic carbocycles. The molecule has 90 valence electrons. The van der Waals surface area contributed by atoms with Gasteiger partial charge in [-0.05, 0) is 18.6 Å². The van der Waals surface area contributed by atoms with Gasteiger partial charge in [0.15, 0.2) is 0 Å². The van der Waals surface area contributed by atoms with Crippen LogP contribution in [0.25, 0.3) is 11.3 Å². The van der Waals surface area contributed by atoms with Crippen LogP contribution < -0.4 is 5.32 Å². The molecule has 0 unspecified atom stereocenters. The first-order valence-corrected chi connectivity index (χ1v) is 6.20. The fourth-order valence-electron chi connectivity index (χ4n) is 1.46. The number of nitrogens with zero attached hydrogens (tertiary/aromatic N) is 1. The van der Waals surface area contributed by atoms with Crippen LogP contribution in [0, 0.1) is 0 Å². The maximum absolute atomic E-state index is 5.97. The van der Waals surface area contributed by atoms with Gasteiger partial charge in [0, 0.05) is 12.1 Å². The van der Waals surface area contributed by atoms with Crippen molar-refractivity contribution >= 4 is 29.2 Å². The van der Waals surface area contributed by atoms with E-state index in [2.05, 4.69) is 22.2 Å². The minimum absolute atomic E-state index is 0.543. The van der Waals surface area contributed by atoms with E-state index in [9.17, 15) is 0 Å². The quantitative estimate of drug-likeness (QED) is 0.873. The summed E-state index contributed by atoms with van der Waals surface area (Å²) in [5.41, 5.74) is 1.89. The number of halogens is 2. The van der Waals surface area contributed by atoms with Crippen molar-refractivity contribution in [3.8, 4) is 11.3 Å². The maximum Gasteiger partial charge on any atom is 0.200 e. The monoisotopic (exact) mass is 269 g/mol. The summed E-state index contributed by atoms with van der Waals surface area (Å²) in [6, 6.07) is 5.51. The van der Waals surface area contributed by atoms with Gasteiger partial charge in [-0.2, -0.15) is 0 Å². The molecule has 1 aromatic carbocycles. The minimum atomic E-state index is 0.543. The summed E-state index contributed by atoms with van der Waals surface area (Å²) in [7, 11) is 0. The number of nitrogens with one attached hydrogen (secondary N) is 2. The van der Waals surface area contributed by atoms with E-state index in [0.29, 0.717) is 10.0 Å². The molecular formula is C12H13Cl2N3. The number of hydrogen-bond acceptors (Lipinski definition) is 2. The first-order valence-electron chi connectivity index (χ1n) is 5.45. The number of benzene rings is 1. The molecule has 5 heteroatoms. The third-order valence-electron chi connectivity index (χ3n) is 2.35. The zero-order valence-electron chi connectivity index (χ0n) is 9.43. The fraction of sp³-hybridized carbons (Fsp3) is 0.250. The molecule has 0 spiro atoms. The molecule has 2 aromatic rings. The van der Waals surface area contributed by atoms with Gasteiger partial charge >= 0.3 is 0 Å². The van der Waals surface area contributed by atoms with Crippen LogP contribution in [0.2, 0.25) is 10.0 Å². The summed E-state index contributed by atoms with van der Waals surface area (Å²) in [6.45, 7) is 3.00. The molecule has 3 nitrogen and oxygen atoms in total. The molecule has 0 amide bonds. The Kier molecular flexibility index (Phi) is 3.92. The maximum atomic E-state index is 5.97. The number of rotatable bonds is 4. The highest BCUT2D eigenvalue weighted by Crippen LogP contribution is 2.27. The van der Waals surface area contributed by atoms with E-state index in [1.165, 1.54) is 0 Å². The van der Waals surface area contributed by atoms with Crippen molar-refractivity contribution in [2.24, 2.45) is 0 Å². The molecular weight excluding hydrogens is 257 g/mol. The second-order valence-corrected chi connectivity index (χ2v) is 4.52. The Morgan fingerprint density at radius 1 is 1.29 bits per heavy atom. The fourth-order valence-corrected chi connectivity index (χ4v) is 1.76. The number of imidazole rings is 1. The first-order chi connectivity index (χ1) is 8.20. The van der Waals surface area contributed by atoms with Crippen molar-refractivity contribution in [2.75, 3.05) is 11.9 Å². The topological polar surface area (TPSA) is 40.7 Å². The molecule has 0 bridgehead atoms. The van der Waals surface area contributed by atoms with Gasteiger partial charge in [-0.15, -0.1) is 0 Å². The van der Waals surface area contributed by atoms with E-state index in [1.54, 1.807) is 12.3 Å². The molecule has 0 saturated heterocycles. The Bertz CT molecular complexity index is 508. The zero-order chi connectivity index (χ0) is 12.3. The molecule has 0 fully saturated rings.